The maximum absolute atomic E-state index is 14.8. The predicted octanol–water partition coefficient (Wildman–Crippen LogP) is 2.15. The maximum Gasteiger partial charge on any atom is 0.335 e. The van der Waals surface area contributed by atoms with Crippen molar-refractivity contribution in [3.8, 4) is 0 Å². The monoisotopic (exact) mass is 808 g/mol. The van der Waals surface area contributed by atoms with E-state index in [1.807, 2.05) is 13.0 Å². The molecule has 2 saturated heterocycles. The molecule has 7 rings (SSSR count). The smallest absolute Gasteiger partial charge is 0.335 e. The van der Waals surface area contributed by atoms with Crippen molar-refractivity contribution in [3.05, 3.63) is 11.6 Å². The molecule has 5 aliphatic carbocycles. The van der Waals surface area contributed by atoms with Crippen LogP contribution in [0.5, 0.6) is 0 Å². The fourth-order valence-electron chi connectivity index (χ4n) is 13.4. The second kappa shape index (κ2) is 14.3. The van der Waals surface area contributed by atoms with Gasteiger partial charge in [0.2, 0.25) is 0 Å². The van der Waals surface area contributed by atoms with Crippen molar-refractivity contribution in [2.24, 2.45) is 50.2 Å². The van der Waals surface area contributed by atoms with Gasteiger partial charge in [-0.3, -0.25) is 9.59 Å². The number of carboxylic acid groups (broad SMARTS) is 2. The van der Waals surface area contributed by atoms with Gasteiger partial charge in [-0.05, 0) is 110 Å². The molecule has 57 heavy (non-hydrogen) atoms. The molecule has 322 valence electrons. The molecule has 8 N–H and O–H groups in total. The zero-order valence-electron chi connectivity index (χ0n) is 34.2. The Morgan fingerprint density at radius 2 is 1.44 bits per heavy atom. The predicted molar refractivity (Wildman–Crippen MR) is 199 cm³/mol. The summed E-state index contributed by atoms with van der Waals surface area (Å²) in [5, 5.41) is 83.3. The van der Waals surface area contributed by atoms with Gasteiger partial charge >= 0.3 is 11.9 Å². The number of aliphatic hydroxyl groups excluding tert-OH is 6. The van der Waals surface area contributed by atoms with Gasteiger partial charge in [0.15, 0.2) is 24.5 Å². The first-order valence-corrected chi connectivity index (χ1v) is 20.8. The Morgan fingerprint density at radius 1 is 0.772 bits per heavy atom. The summed E-state index contributed by atoms with van der Waals surface area (Å²) in [5.41, 5.74) is -1.51. The highest BCUT2D eigenvalue weighted by molar-refractivity contribution is 5.95. The third-order valence-electron chi connectivity index (χ3n) is 17.3. The van der Waals surface area contributed by atoms with E-state index in [-0.39, 0.29) is 39.8 Å². The lowest BCUT2D eigenvalue weighted by Crippen LogP contribution is -2.68. The molecular weight excluding hydrogens is 744 g/mol. The van der Waals surface area contributed by atoms with Crippen LogP contribution in [-0.4, -0.2) is 133 Å². The molecule has 15 nitrogen and oxygen atoms in total. The summed E-state index contributed by atoms with van der Waals surface area (Å²) < 4.78 is 23.8. The number of ether oxygens (including phenoxy) is 4. The number of hydrogen-bond donors (Lipinski definition) is 8. The summed E-state index contributed by atoms with van der Waals surface area (Å²) in [7, 11) is 0. The number of aliphatic carboxylic acids is 2. The van der Waals surface area contributed by atoms with Gasteiger partial charge in [0.25, 0.3) is 0 Å². The first-order valence-electron chi connectivity index (χ1n) is 20.8. The topological polar surface area (TPSA) is 250 Å². The quantitative estimate of drug-likeness (QED) is 0.172. The fourth-order valence-corrected chi connectivity index (χ4v) is 13.4. The lowest BCUT2D eigenvalue weighted by Gasteiger charge is -2.70. The van der Waals surface area contributed by atoms with Crippen molar-refractivity contribution in [1.82, 2.24) is 0 Å². The van der Waals surface area contributed by atoms with Gasteiger partial charge in [0.05, 0.1) is 18.1 Å². The molecule has 6 fully saturated rings. The van der Waals surface area contributed by atoms with Gasteiger partial charge in [-0.2, -0.15) is 0 Å². The van der Waals surface area contributed by atoms with Crippen molar-refractivity contribution in [2.45, 2.75) is 174 Å². The lowest BCUT2D eigenvalue weighted by molar-refractivity contribution is -0.375. The van der Waals surface area contributed by atoms with Crippen LogP contribution in [0, 0.1) is 50.2 Å². The molecule has 15 heteroatoms. The molecule has 0 bridgehead atoms. The number of ketones is 1. The van der Waals surface area contributed by atoms with E-state index < -0.39 is 102 Å². The van der Waals surface area contributed by atoms with Crippen LogP contribution in [0.4, 0.5) is 0 Å². The minimum atomic E-state index is -1.98. The van der Waals surface area contributed by atoms with Gasteiger partial charge < -0.3 is 59.8 Å². The number of fused-ring (bicyclic) bond motifs is 7. The Morgan fingerprint density at radius 3 is 2.07 bits per heavy atom. The summed E-state index contributed by atoms with van der Waals surface area (Å²) in [4.78, 5) is 39.1. The van der Waals surface area contributed by atoms with Crippen LogP contribution in [0.2, 0.25) is 0 Å². The average molecular weight is 809 g/mol. The number of allylic oxidation sites excluding steroid dienone is 2. The van der Waals surface area contributed by atoms with Crippen LogP contribution in [0.25, 0.3) is 0 Å². The molecule has 19 atom stereocenters. The van der Waals surface area contributed by atoms with Crippen LogP contribution in [0.15, 0.2) is 11.6 Å². The Hall–Kier alpha value is -2.05. The molecule has 0 unspecified atom stereocenters. The number of aliphatic hydroxyl groups is 6. The first-order chi connectivity index (χ1) is 26.4. The van der Waals surface area contributed by atoms with Crippen molar-refractivity contribution in [2.75, 3.05) is 6.61 Å². The van der Waals surface area contributed by atoms with Crippen LogP contribution >= 0.6 is 0 Å². The van der Waals surface area contributed by atoms with Crippen molar-refractivity contribution in [1.29, 1.82) is 0 Å². The molecule has 0 radical (unpaired) electrons. The SMILES string of the molecule is CC1(C)[C@@H](O[C@H]2O[C@H](CO)[C@@H](O)[C@H](O)[C@H]2O[C@@H]2O[C@H](C(=O)O)[C@@H](O)[C@H](O)[C@H]2O)CC[C@]2(C)[C@H]3C(=O)C=C4[C@H]5C[C@@](C)(C(=O)O)CC[C@]5(C)CC[C@@]4(C)[C@]3(C)CC[C@@H]12. The Labute approximate surface area is 333 Å². The van der Waals surface area contributed by atoms with Crippen LogP contribution in [-0.2, 0) is 33.3 Å². The van der Waals surface area contributed by atoms with Crippen molar-refractivity contribution >= 4 is 17.7 Å². The average Bonchev–Trinajstić information content (AvgIpc) is 3.13. The second-order valence-corrected chi connectivity index (χ2v) is 20.6. The number of carbonyl (C=O) groups excluding carboxylic acids is 1. The Kier molecular flexibility index (Phi) is 10.8. The molecule has 0 amide bonds. The summed E-state index contributed by atoms with van der Waals surface area (Å²) in [6, 6.07) is 0. The van der Waals surface area contributed by atoms with Crippen LogP contribution in [0.1, 0.15) is 106 Å². The summed E-state index contributed by atoms with van der Waals surface area (Å²) in [6.45, 7) is 14.4. The zero-order valence-corrected chi connectivity index (χ0v) is 34.2. The highest BCUT2D eigenvalue weighted by Gasteiger charge is 2.71. The summed E-state index contributed by atoms with van der Waals surface area (Å²) >= 11 is 0. The fraction of sp³-hybridized carbons (Fsp3) is 0.881. The standard InChI is InChI=1S/C42H64O15/c1-37(2)23-8-11-42(7)32(21(44)16-19-20-17-39(4,36(52)53)13-12-38(20,3)14-15-41(19,42)6)40(23,5)10-9-24(37)55-35-31(27(47)25(45)22(18-43)54-35)57-34-29(49)26(46)28(48)30(56-34)33(50)51/h16,20,22-32,34-35,43,45-49H,8-15,17-18H2,1-7H3,(H,50,51)(H,52,53)/t20-,22-,23+,24+,25-,26+,27+,28+,29-,30+,31-,32-,34+,35-,38-,39+,40+,41-,42-/m1/s1. The normalized spacial score (nSPS) is 53.4. The summed E-state index contributed by atoms with van der Waals surface area (Å²) in [6.07, 6.45) is -9.70. The largest absolute Gasteiger partial charge is 0.481 e. The van der Waals surface area contributed by atoms with E-state index in [0.717, 1.165) is 37.7 Å². The Bertz CT molecular complexity index is 1650. The molecule has 0 aromatic carbocycles. The van der Waals surface area contributed by atoms with E-state index in [2.05, 4.69) is 41.5 Å². The molecule has 7 aliphatic rings. The third-order valence-corrected chi connectivity index (χ3v) is 17.3. The van der Waals surface area contributed by atoms with E-state index in [4.69, 9.17) is 18.9 Å². The molecule has 4 saturated carbocycles. The minimum absolute atomic E-state index is 0.00433. The lowest BCUT2D eigenvalue weighted by atomic mass is 9.33. The van der Waals surface area contributed by atoms with E-state index in [1.54, 1.807) is 0 Å². The maximum atomic E-state index is 14.8. The third kappa shape index (κ3) is 6.31. The minimum Gasteiger partial charge on any atom is -0.481 e. The number of rotatable bonds is 7. The first kappa shape index (κ1) is 43.1. The molecule has 2 aliphatic heterocycles. The highest BCUT2D eigenvalue weighted by atomic mass is 16.8. The van der Waals surface area contributed by atoms with Crippen molar-refractivity contribution in [3.63, 3.8) is 0 Å². The van der Waals surface area contributed by atoms with Crippen molar-refractivity contribution < 1.29 is 74.2 Å². The van der Waals surface area contributed by atoms with Gasteiger partial charge in [0, 0.05) is 5.92 Å². The van der Waals surface area contributed by atoms with Gasteiger partial charge in [-0.1, -0.05) is 47.1 Å². The van der Waals surface area contributed by atoms with Gasteiger partial charge in [-0.15, -0.1) is 0 Å². The number of hydrogen-bond acceptors (Lipinski definition) is 13. The van der Waals surface area contributed by atoms with Crippen LogP contribution < -0.4 is 0 Å². The highest BCUT2D eigenvalue weighted by Crippen LogP contribution is 2.75. The molecule has 0 aromatic rings. The van der Waals surface area contributed by atoms with E-state index in [0.29, 0.717) is 25.7 Å². The molecule has 2 heterocycles. The van der Waals surface area contributed by atoms with Gasteiger partial charge in [0.1, 0.15) is 42.7 Å². The zero-order chi connectivity index (χ0) is 42.0. The summed E-state index contributed by atoms with van der Waals surface area (Å²) in [5.74, 6) is -2.62. The molecule has 0 spiro atoms. The Balaban J connectivity index is 1.16. The van der Waals surface area contributed by atoms with E-state index >= 15 is 0 Å². The van der Waals surface area contributed by atoms with E-state index in [1.165, 1.54) is 0 Å². The second-order valence-electron chi connectivity index (χ2n) is 20.6. The molecule has 0 aromatic heterocycles. The number of carboxylic acids is 2. The van der Waals surface area contributed by atoms with E-state index in [9.17, 15) is 55.2 Å². The van der Waals surface area contributed by atoms with Crippen LogP contribution in [0.3, 0.4) is 0 Å². The van der Waals surface area contributed by atoms with Gasteiger partial charge in [-0.25, -0.2) is 4.79 Å². The number of carbonyl (C=O) groups is 3. The molecular formula is C42H64O15.